The molecule has 3 aliphatic rings. The third-order valence-corrected chi connectivity index (χ3v) is 7.33. The van der Waals surface area contributed by atoms with Crippen LogP contribution in [0.15, 0.2) is 35.5 Å². The summed E-state index contributed by atoms with van der Waals surface area (Å²) in [7, 11) is -3.60. The van der Waals surface area contributed by atoms with Gasteiger partial charge in [-0.3, -0.25) is 0 Å². The van der Waals surface area contributed by atoms with Crippen molar-refractivity contribution in [3.63, 3.8) is 0 Å². The molecule has 28 heavy (non-hydrogen) atoms. The molecule has 3 fully saturated rings. The topological polar surface area (TPSA) is 75.6 Å². The molecule has 7 nitrogen and oxygen atoms in total. The minimum atomic E-state index is -3.60. The van der Waals surface area contributed by atoms with Crippen LogP contribution in [-0.2, 0) is 16.4 Å². The number of sulfonamides is 1. The summed E-state index contributed by atoms with van der Waals surface area (Å²) in [4.78, 5) is 10.1. The molecule has 0 radical (unpaired) electrons. The fraction of sp³-hybridized carbons (Fsp3) is 0.474. The van der Waals surface area contributed by atoms with Gasteiger partial charge in [-0.15, -0.1) is 0 Å². The van der Waals surface area contributed by atoms with Gasteiger partial charge in [-0.25, -0.2) is 22.8 Å². The van der Waals surface area contributed by atoms with Gasteiger partial charge < -0.3 is 9.64 Å². The Labute approximate surface area is 164 Å². The van der Waals surface area contributed by atoms with E-state index >= 15 is 0 Å². The van der Waals surface area contributed by atoms with Crippen LogP contribution >= 0.6 is 0 Å². The van der Waals surface area contributed by atoms with E-state index in [1.165, 1.54) is 6.33 Å². The number of piperazine rings is 1. The highest BCUT2D eigenvalue weighted by Crippen LogP contribution is 2.39. The lowest BCUT2D eigenvalue weighted by atomic mass is 9.91. The van der Waals surface area contributed by atoms with E-state index in [0.29, 0.717) is 37.6 Å². The van der Waals surface area contributed by atoms with Crippen LogP contribution in [0, 0.1) is 5.82 Å². The first-order valence-corrected chi connectivity index (χ1v) is 10.9. The van der Waals surface area contributed by atoms with Gasteiger partial charge in [0.05, 0.1) is 17.2 Å². The number of aryl methyl sites for hydroxylation is 1. The van der Waals surface area contributed by atoms with Crippen molar-refractivity contribution in [2.75, 3.05) is 24.6 Å². The lowest BCUT2D eigenvalue weighted by Gasteiger charge is -2.55. The fourth-order valence-corrected chi connectivity index (χ4v) is 5.81. The summed E-state index contributed by atoms with van der Waals surface area (Å²) in [6, 6.07) is 6.11. The molecule has 2 unspecified atom stereocenters. The Bertz CT molecular complexity index is 956. The normalized spacial score (nSPS) is 22.0. The third-order valence-electron chi connectivity index (χ3n) is 5.31. The summed E-state index contributed by atoms with van der Waals surface area (Å²) in [5.41, 5.74) is 0.378. The number of ether oxygens (including phenoxy) is 1. The van der Waals surface area contributed by atoms with Crippen LogP contribution in [0.5, 0.6) is 5.75 Å². The van der Waals surface area contributed by atoms with Crippen LogP contribution in [0.4, 0.5) is 10.2 Å². The highest BCUT2D eigenvalue weighted by molar-refractivity contribution is 7.89. The van der Waals surface area contributed by atoms with Gasteiger partial charge in [0.1, 0.15) is 12.1 Å². The Morgan fingerprint density at radius 1 is 1.14 bits per heavy atom. The Balaban J connectivity index is 1.53. The van der Waals surface area contributed by atoms with Crippen molar-refractivity contribution in [2.45, 2.75) is 43.7 Å². The first-order valence-electron chi connectivity index (χ1n) is 9.46. The number of halogens is 1. The molecule has 150 valence electrons. The molecule has 4 heterocycles. The molecule has 0 saturated carbocycles. The van der Waals surface area contributed by atoms with E-state index in [1.807, 2.05) is 18.7 Å². The molecule has 1 aromatic carbocycles. The molecule has 0 amide bonds. The van der Waals surface area contributed by atoms with Crippen molar-refractivity contribution in [3.8, 4) is 5.75 Å². The first kappa shape index (κ1) is 19.1. The first-order chi connectivity index (χ1) is 13.5. The molecule has 0 spiro atoms. The fourth-order valence-electron chi connectivity index (χ4n) is 4.00. The minimum Gasteiger partial charge on any atom is -0.494 e. The van der Waals surface area contributed by atoms with E-state index in [4.69, 9.17) is 4.74 Å². The van der Waals surface area contributed by atoms with Gasteiger partial charge in [0.15, 0.2) is 11.6 Å². The average molecular weight is 406 g/mol. The van der Waals surface area contributed by atoms with Crippen LogP contribution in [0.2, 0.25) is 0 Å². The Morgan fingerprint density at radius 2 is 1.82 bits per heavy atom. The summed E-state index contributed by atoms with van der Waals surface area (Å²) < 4.78 is 47.7. The maximum Gasteiger partial charge on any atom is 0.243 e. The molecule has 5 rings (SSSR count). The number of fused-ring (bicyclic) bond motifs is 2. The van der Waals surface area contributed by atoms with E-state index in [-0.39, 0.29) is 22.8 Å². The van der Waals surface area contributed by atoms with Crippen molar-refractivity contribution in [2.24, 2.45) is 0 Å². The molecule has 0 aliphatic carbocycles. The Morgan fingerprint density at radius 3 is 2.43 bits per heavy atom. The smallest absolute Gasteiger partial charge is 0.243 e. The monoisotopic (exact) mass is 406 g/mol. The van der Waals surface area contributed by atoms with Crippen LogP contribution < -0.4 is 9.64 Å². The second kappa shape index (κ2) is 7.29. The quantitative estimate of drug-likeness (QED) is 0.732. The van der Waals surface area contributed by atoms with Crippen molar-refractivity contribution >= 4 is 15.8 Å². The Kier molecular flexibility index (Phi) is 4.96. The largest absolute Gasteiger partial charge is 0.494 e. The Hall–Kier alpha value is -2.26. The molecular weight excluding hydrogens is 383 g/mol. The van der Waals surface area contributed by atoms with Crippen LogP contribution in [0.1, 0.15) is 26.0 Å². The predicted octanol–water partition coefficient (Wildman–Crippen LogP) is 2.23. The molecule has 2 aromatic rings. The lowest BCUT2D eigenvalue weighted by molar-refractivity contribution is 0.0870. The van der Waals surface area contributed by atoms with E-state index < -0.39 is 15.8 Å². The van der Waals surface area contributed by atoms with Gasteiger partial charge in [0.2, 0.25) is 10.0 Å². The summed E-state index contributed by atoms with van der Waals surface area (Å²) in [5.74, 6) is 0.495. The summed E-state index contributed by atoms with van der Waals surface area (Å²) in [5, 5.41) is 0. The summed E-state index contributed by atoms with van der Waals surface area (Å²) in [6.45, 7) is 5.08. The van der Waals surface area contributed by atoms with Gasteiger partial charge in [-0.1, -0.05) is 6.92 Å². The number of rotatable bonds is 6. The highest BCUT2D eigenvalue weighted by Gasteiger charge is 2.51. The van der Waals surface area contributed by atoms with E-state index in [2.05, 4.69) is 9.97 Å². The number of anilines is 1. The zero-order chi connectivity index (χ0) is 19.9. The maximum absolute atomic E-state index is 14.6. The SMILES string of the molecule is CCOc1ccc(S(=O)(=O)N2C3CC2CN(c2ncnc(CC)c2F)C3)cc1. The molecular formula is C19H23FN4O3S. The van der Waals surface area contributed by atoms with Crippen LogP contribution in [0.25, 0.3) is 0 Å². The molecule has 9 heteroatoms. The number of aromatic nitrogens is 2. The second-order valence-electron chi connectivity index (χ2n) is 7.00. The number of piperidine rings is 1. The number of benzene rings is 1. The van der Waals surface area contributed by atoms with Gasteiger partial charge in [0, 0.05) is 25.2 Å². The summed E-state index contributed by atoms with van der Waals surface area (Å²) >= 11 is 0. The van der Waals surface area contributed by atoms with Gasteiger partial charge in [0.25, 0.3) is 0 Å². The zero-order valence-electron chi connectivity index (χ0n) is 15.9. The lowest BCUT2D eigenvalue weighted by Crippen LogP contribution is -2.70. The standard InChI is InChI=1S/C19H23FN4O3S/c1-3-17-18(20)19(22-12-21-17)23-10-13-9-14(11-23)24(13)28(25,26)16-7-5-15(6-8-16)27-4-2/h5-8,12-14H,3-4,9-11H2,1-2H3. The van der Waals surface area contributed by atoms with E-state index in [9.17, 15) is 12.8 Å². The molecule has 0 N–H and O–H groups in total. The second-order valence-corrected chi connectivity index (χ2v) is 8.84. The molecule has 3 aliphatic heterocycles. The maximum atomic E-state index is 14.6. The van der Waals surface area contributed by atoms with Crippen molar-refractivity contribution in [1.82, 2.24) is 14.3 Å². The zero-order valence-corrected chi connectivity index (χ0v) is 16.7. The highest BCUT2D eigenvalue weighted by atomic mass is 32.2. The van der Waals surface area contributed by atoms with E-state index in [1.54, 1.807) is 28.6 Å². The minimum absolute atomic E-state index is 0.185. The van der Waals surface area contributed by atoms with Crippen LogP contribution in [0.3, 0.4) is 0 Å². The predicted molar refractivity (Wildman–Crippen MR) is 102 cm³/mol. The van der Waals surface area contributed by atoms with Crippen molar-refractivity contribution in [1.29, 1.82) is 0 Å². The van der Waals surface area contributed by atoms with Gasteiger partial charge in [-0.2, -0.15) is 4.31 Å². The number of nitrogens with zero attached hydrogens (tertiary/aromatic N) is 4. The van der Waals surface area contributed by atoms with Crippen molar-refractivity contribution < 1.29 is 17.5 Å². The van der Waals surface area contributed by atoms with Crippen LogP contribution in [-0.4, -0.2) is 54.5 Å². The molecule has 1 aromatic heterocycles. The third kappa shape index (κ3) is 3.12. The average Bonchev–Trinajstić information content (AvgIpc) is 2.68. The number of hydrogen-bond acceptors (Lipinski definition) is 6. The molecule has 2 atom stereocenters. The van der Waals surface area contributed by atoms with Gasteiger partial charge >= 0.3 is 0 Å². The van der Waals surface area contributed by atoms with Crippen molar-refractivity contribution in [3.05, 3.63) is 42.1 Å². The van der Waals surface area contributed by atoms with E-state index in [0.717, 1.165) is 6.42 Å². The van der Waals surface area contributed by atoms with Gasteiger partial charge in [-0.05, 0) is 44.0 Å². The summed E-state index contributed by atoms with van der Waals surface area (Å²) in [6.07, 6.45) is 2.63. The number of hydrogen-bond donors (Lipinski definition) is 0. The molecule has 3 saturated heterocycles. The molecule has 2 bridgehead atoms.